The highest BCUT2D eigenvalue weighted by atomic mass is 32.1. The van der Waals surface area contributed by atoms with Crippen LogP contribution in [0, 0.1) is 0 Å². The molecule has 2 heterocycles. The molecule has 4 nitrogen and oxygen atoms in total. The molecule has 18 heavy (non-hydrogen) atoms. The molecule has 0 aliphatic carbocycles. The van der Waals surface area contributed by atoms with Gasteiger partial charge in [-0.1, -0.05) is 6.07 Å². The van der Waals surface area contributed by atoms with Crippen molar-refractivity contribution in [3.8, 4) is 0 Å². The summed E-state index contributed by atoms with van der Waals surface area (Å²) >= 11 is 1.57. The average molecular weight is 268 g/mol. The third-order valence-corrected chi connectivity index (χ3v) is 4.37. The number of carbonyl (C=O) groups excluding carboxylic acids is 1. The highest BCUT2D eigenvalue weighted by Crippen LogP contribution is 2.29. The maximum Gasteiger partial charge on any atom is 0.236 e. The number of aliphatic hydroxyl groups is 1. The van der Waals surface area contributed by atoms with E-state index in [1.54, 1.807) is 18.4 Å². The van der Waals surface area contributed by atoms with E-state index in [2.05, 4.69) is 5.32 Å². The van der Waals surface area contributed by atoms with Gasteiger partial charge in [-0.15, -0.1) is 11.3 Å². The molecule has 0 radical (unpaired) electrons. The monoisotopic (exact) mass is 268 g/mol. The van der Waals surface area contributed by atoms with E-state index in [9.17, 15) is 9.90 Å². The molecule has 2 atom stereocenters. The SMILES string of the molecule is CNCC(=O)N1CCCC1CC(O)c1cccs1. The number of hydrogen-bond donors (Lipinski definition) is 2. The number of likely N-dealkylation sites (tertiary alicyclic amines) is 1. The second kappa shape index (κ2) is 6.31. The lowest BCUT2D eigenvalue weighted by Crippen LogP contribution is -2.40. The first-order chi connectivity index (χ1) is 8.72. The topological polar surface area (TPSA) is 52.6 Å². The van der Waals surface area contributed by atoms with Crippen molar-refractivity contribution in [3.05, 3.63) is 22.4 Å². The third kappa shape index (κ3) is 3.10. The number of nitrogens with zero attached hydrogens (tertiary/aromatic N) is 1. The minimum atomic E-state index is -0.446. The summed E-state index contributed by atoms with van der Waals surface area (Å²) in [6, 6.07) is 4.08. The Hall–Kier alpha value is -0.910. The lowest BCUT2D eigenvalue weighted by molar-refractivity contribution is -0.131. The average Bonchev–Trinajstić information content (AvgIpc) is 2.99. The van der Waals surface area contributed by atoms with Crippen molar-refractivity contribution in [2.75, 3.05) is 20.1 Å². The standard InChI is InChI=1S/C13H20N2O2S/c1-14-9-13(17)15-6-2-4-10(15)8-11(16)12-5-3-7-18-12/h3,5,7,10-11,14,16H,2,4,6,8-9H2,1H3. The summed E-state index contributed by atoms with van der Waals surface area (Å²) in [5.41, 5.74) is 0. The van der Waals surface area contributed by atoms with Crippen LogP contribution in [0.5, 0.6) is 0 Å². The number of nitrogens with one attached hydrogen (secondary N) is 1. The van der Waals surface area contributed by atoms with Gasteiger partial charge in [0.1, 0.15) is 0 Å². The first kappa shape index (κ1) is 13.5. The van der Waals surface area contributed by atoms with Crippen molar-refractivity contribution in [2.24, 2.45) is 0 Å². The lowest BCUT2D eigenvalue weighted by Gasteiger charge is -2.26. The molecule has 0 saturated carbocycles. The van der Waals surface area contributed by atoms with Crippen LogP contribution >= 0.6 is 11.3 Å². The molecule has 1 amide bonds. The van der Waals surface area contributed by atoms with E-state index in [-0.39, 0.29) is 11.9 Å². The molecule has 2 N–H and O–H groups in total. The van der Waals surface area contributed by atoms with Crippen LogP contribution in [-0.2, 0) is 4.79 Å². The zero-order chi connectivity index (χ0) is 13.0. The van der Waals surface area contributed by atoms with Crippen molar-refractivity contribution in [3.63, 3.8) is 0 Å². The molecule has 2 rings (SSSR count). The van der Waals surface area contributed by atoms with Gasteiger partial charge in [-0.05, 0) is 37.8 Å². The summed E-state index contributed by atoms with van der Waals surface area (Å²) in [4.78, 5) is 14.8. The van der Waals surface area contributed by atoms with E-state index in [0.29, 0.717) is 13.0 Å². The maximum atomic E-state index is 11.9. The van der Waals surface area contributed by atoms with Crippen molar-refractivity contribution >= 4 is 17.2 Å². The van der Waals surface area contributed by atoms with Gasteiger partial charge in [0.15, 0.2) is 0 Å². The van der Waals surface area contributed by atoms with E-state index in [4.69, 9.17) is 0 Å². The maximum absolute atomic E-state index is 11.9. The Labute approximate surface area is 112 Å². The molecule has 0 spiro atoms. The summed E-state index contributed by atoms with van der Waals surface area (Å²) in [6.45, 7) is 1.20. The zero-order valence-corrected chi connectivity index (χ0v) is 11.4. The van der Waals surface area contributed by atoms with Gasteiger partial charge < -0.3 is 15.3 Å². The van der Waals surface area contributed by atoms with Crippen LogP contribution < -0.4 is 5.32 Å². The van der Waals surface area contributed by atoms with Crippen molar-refractivity contribution in [2.45, 2.75) is 31.4 Å². The van der Waals surface area contributed by atoms with Gasteiger partial charge in [0, 0.05) is 17.5 Å². The molecular formula is C13H20N2O2S. The van der Waals surface area contributed by atoms with Gasteiger partial charge in [0.25, 0.3) is 0 Å². The van der Waals surface area contributed by atoms with Crippen molar-refractivity contribution in [1.82, 2.24) is 10.2 Å². The molecule has 2 unspecified atom stereocenters. The molecule has 0 aromatic carbocycles. The number of likely N-dealkylation sites (N-methyl/N-ethyl adjacent to an activating group) is 1. The van der Waals surface area contributed by atoms with Gasteiger partial charge in [-0.25, -0.2) is 0 Å². The van der Waals surface area contributed by atoms with Crippen molar-refractivity contribution < 1.29 is 9.90 Å². The lowest BCUT2D eigenvalue weighted by atomic mass is 10.1. The van der Waals surface area contributed by atoms with E-state index in [1.165, 1.54) is 0 Å². The summed E-state index contributed by atoms with van der Waals surface area (Å²) in [6.07, 6.45) is 2.24. The second-order valence-electron chi connectivity index (χ2n) is 4.68. The number of thiophene rings is 1. The molecule has 1 aromatic heterocycles. The number of rotatable bonds is 5. The molecule has 1 aliphatic heterocycles. The third-order valence-electron chi connectivity index (χ3n) is 3.39. The molecule has 5 heteroatoms. The Balaban J connectivity index is 1.93. The van der Waals surface area contributed by atoms with E-state index >= 15 is 0 Å². The van der Waals surface area contributed by atoms with Gasteiger partial charge in [0.2, 0.25) is 5.91 Å². The zero-order valence-electron chi connectivity index (χ0n) is 10.6. The molecule has 100 valence electrons. The van der Waals surface area contributed by atoms with Crippen LogP contribution in [0.25, 0.3) is 0 Å². The summed E-state index contributed by atoms with van der Waals surface area (Å²) in [7, 11) is 1.78. The van der Waals surface area contributed by atoms with Crippen molar-refractivity contribution in [1.29, 1.82) is 0 Å². The van der Waals surface area contributed by atoms with Crippen LogP contribution in [0.15, 0.2) is 17.5 Å². The van der Waals surface area contributed by atoms with Crippen LogP contribution in [0.1, 0.15) is 30.2 Å². The minimum Gasteiger partial charge on any atom is -0.387 e. The number of aliphatic hydroxyl groups excluding tert-OH is 1. The fourth-order valence-electron chi connectivity index (χ4n) is 2.52. The highest BCUT2D eigenvalue weighted by Gasteiger charge is 2.30. The summed E-state index contributed by atoms with van der Waals surface area (Å²) < 4.78 is 0. The van der Waals surface area contributed by atoms with Gasteiger partial charge in [0.05, 0.1) is 12.6 Å². The normalized spacial score (nSPS) is 21.2. The Morgan fingerprint density at radius 3 is 3.22 bits per heavy atom. The summed E-state index contributed by atoms with van der Waals surface area (Å²) in [5, 5.41) is 15.0. The van der Waals surface area contributed by atoms with Gasteiger partial charge in [-0.3, -0.25) is 4.79 Å². The minimum absolute atomic E-state index is 0.137. The largest absolute Gasteiger partial charge is 0.387 e. The highest BCUT2D eigenvalue weighted by molar-refractivity contribution is 7.10. The fraction of sp³-hybridized carbons (Fsp3) is 0.615. The fourth-order valence-corrected chi connectivity index (χ4v) is 3.24. The van der Waals surface area contributed by atoms with E-state index < -0.39 is 6.10 Å². The number of carbonyl (C=O) groups is 1. The number of amides is 1. The number of hydrogen-bond acceptors (Lipinski definition) is 4. The van der Waals surface area contributed by atoms with Gasteiger partial charge >= 0.3 is 0 Å². The second-order valence-corrected chi connectivity index (χ2v) is 5.66. The van der Waals surface area contributed by atoms with E-state index in [1.807, 2.05) is 22.4 Å². The molecule has 1 fully saturated rings. The van der Waals surface area contributed by atoms with Crippen LogP contribution in [-0.4, -0.2) is 42.1 Å². The smallest absolute Gasteiger partial charge is 0.236 e. The van der Waals surface area contributed by atoms with Crippen LogP contribution in [0.2, 0.25) is 0 Å². The quantitative estimate of drug-likeness (QED) is 0.848. The predicted octanol–water partition coefficient (Wildman–Crippen LogP) is 1.38. The van der Waals surface area contributed by atoms with Crippen LogP contribution in [0.3, 0.4) is 0 Å². The molecule has 1 saturated heterocycles. The molecular weight excluding hydrogens is 248 g/mol. The molecule has 1 aromatic rings. The predicted molar refractivity (Wildman–Crippen MR) is 72.6 cm³/mol. The van der Waals surface area contributed by atoms with Crippen LogP contribution in [0.4, 0.5) is 0 Å². The van der Waals surface area contributed by atoms with Gasteiger partial charge in [-0.2, -0.15) is 0 Å². The molecule has 0 bridgehead atoms. The Bertz CT molecular complexity index is 380. The first-order valence-corrected chi connectivity index (χ1v) is 7.26. The Morgan fingerprint density at radius 1 is 1.72 bits per heavy atom. The Kier molecular flexibility index (Phi) is 4.74. The van der Waals surface area contributed by atoms with E-state index in [0.717, 1.165) is 24.3 Å². The summed E-state index contributed by atoms with van der Waals surface area (Å²) in [5.74, 6) is 0.137. The molecule has 1 aliphatic rings. The first-order valence-electron chi connectivity index (χ1n) is 6.38. The Morgan fingerprint density at radius 2 is 2.56 bits per heavy atom.